The average Bonchev–Trinajstić information content (AvgIpc) is 3.23. The number of carbonyl (C=O) groups excluding carboxylic acids is 2. The lowest BCUT2D eigenvalue weighted by atomic mass is 10.2. The minimum Gasteiger partial charge on any atom is -0.481 e. The topological polar surface area (TPSA) is 118 Å². The molecule has 1 aromatic heterocycles. The number of hydrogen-bond donors (Lipinski definition) is 2. The molecule has 1 atom stereocenters. The van der Waals surface area contributed by atoms with Crippen molar-refractivity contribution in [3.05, 3.63) is 18.1 Å². The first-order valence-electron chi connectivity index (χ1n) is 9.36. The van der Waals surface area contributed by atoms with Crippen LogP contribution in [0.15, 0.2) is 16.7 Å². The molecule has 1 aliphatic heterocycles. The molecule has 0 spiro atoms. The molecule has 1 saturated heterocycles. The van der Waals surface area contributed by atoms with Crippen molar-refractivity contribution < 1.29 is 40.3 Å². The summed E-state index contributed by atoms with van der Waals surface area (Å²) in [5.74, 6) is -0.498. The molecule has 1 fully saturated rings. The Morgan fingerprint density at radius 2 is 2.03 bits per heavy atom. The Morgan fingerprint density at radius 1 is 1.30 bits per heavy atom. The molecule has 0 aromatic carbocycles. The molecule has 0 saturated carbocycles. The van der Waals surface area contributed by atoms with E-state index in [0.717, 1.165) is 6.26 Å². The quantitative estimate of drug-likeness (QED) is 0.369. The Hall–Kier alpha value is -2.28. The van der Waals surface area contributed by atoms with Crippen LogP contribution in [0, 0.1) is 0 Å². The van der Waals surface area contributed by atoms with Gasteiger partial charge in [0, 0.05) is 12.6 Å². The highest BCUT2D eigenvalue weighted by molar-refractivity contribution is 7.89. The lowest BCUT2D eigenvalue weighted by Crippen LogP contribution is -2.30. The third-order valence-corrected chi connectivity index (χ3v) is 5.75. The van der Waals surface area contributed by atoms with Crippen LogP contribution < -0.4 is 14.8 Å². The summed E-state index contributed by atoms with van der Waals surface area (Å²) in [5, 5.41) is 2.16. The van der Waals surface area contributed by atoms with E-state index in [2.05, 4.69) is 14.8 Å². The van der Waals surface area contributed by atoms with Gasteiger partial charge < -0.3 is 14.1 Å². The molecule has 2 N–H and O–H groups in total. The Kier molecular flexibility index (Phi) is 8.12. The number of carbonyl (C=O) groups is 2. The number of alkyl halides is 3. The third kappa shape index (κ3) is 7.86. The van der Waals surface area contributed by atoms with E-state index in [9.17, 15) is 31.2 Å². The summed E-state index contributed by atoms with van der Waals surface area (Å²) < 4.78 is 73.4. The van der Waals surface area contributed by atoms with Gasteiger partial charge >= 0.3 is 12.2 Å². The van der Waals surface area contributed by atoms with E-state index in [4.69, 9.17) is 4.42 Å². The smallest absolute Gasteiger partial charge is 0.422 e. The second-order valence-electron chi connectivity index (χ2n) is 6.82. The molecule has 0 bridgehead atoms. The second-order valence-corrected chi connectivity index (χ2v) is 8.70. The van der Waals surface area contributed by atoms with E-state index in [1.165, 1.54) is 11.0 Å². The summed E-state index contributed by atoms with van der Waals surface area (Å²) in [4.78, 5) is 23.8. The van der Waals surface area contributed by atoms with Gasteiger partial charge in [-0.05, 0) is 19.3 Å². The highest BCUT2D eigenvalue weighted by Gasteiger charge is 2.29. The van der Waals surface area contributed by atoms with Crippen molar-refractivity contribution in [1.82, 2.24) is 14.9 Å². The van der Waals surface area contributed by atoms with Crippen LogP contribution >= 0.6 is 0 Å². The van der Waals surface area contributed by atoms with Crippen molar-refractivity contribution in [2.24, 2.45) is 0 Å². The van der Waals surface area contributed by atoms with E-state index in [-0.39, 0.29) is 29.7 Å². The molecule has 2 heterocycles. The number of ether oxygens (including phenoxy) is 1. The fraction of sp³-hybridized carbons (Fsp3) is 0.647. The van der Waals surface area contributed by atoms with Crippen LogP contribution in [0.5, 0.6) is 5.75 Å². The number of rotatable bonds is 12. The molecule has 9 nitrogen and oxygen atoms in total. The van der Waals surface area contributed by atoms with Crippen molar-refractivity contribution in [3.8, 4) is 5.75 Å². The van der Waals surface area contributed by atoms with E-state index in [1.807, 2.05) is 0 Å². The van der Waals surface area contributed by atoms with Crippen LogP contribution in [0.3, 0.4) is 0 Å². The van der Waals surface area contributed by atoms with Gasteiger partial charge in [0.15, 0.2) is 12.4 Å². The molecule has 0 radical (unpaired) electrons. The van der Waals surface area contributed by atoms with Gasteiger partial charge in [-0.3, -0.25) is 10.1 Å². The third-order valence-electron chi connectivity index (χ3n) is 4.28. The summed E-state index contributed by atoms with van der Waals surface area (Å²) in [6.45, 7) is 0.598. The van der Waals surface area contributed by atoms with E-state index in [1.54, 1.807) is 6.92 Å². The van der Waals surface area contributed by atoms with Gasteiger partial charge in [0.2, 0.25) is 15.9 Å². The number of hydrogen-bond acceptors (Lipinski definition) is 6. The van der Waals surface area contributed by atoms with Crippen molar-refractivity contribution in [2.75, 3.05) is 25.4 Å². The number of imide groups is 1. The first-order chi connectivity index (χ1) is 14.0. The molecule has 2 rings (SSSR count). The van der Waals surface area contributed by atoms with E-state index >= 15 is 0 Å². The number of unbranched alkanes of at least 4 members (excludes halogenated alkanes) is 2. The lowest BCUT2D eigenvalue weighted by Gasteiger charge is -2.15. The van der Waals surface area contributed by atoms with Crippen molar-refractivity contribution in [3.63, 3.8) is 0 Å². The first kappa shape index (κ1) is 24.0. The van der Waals surface area contributed by atoms with Gasteiger partial charge in [0.1, 0.15) is 18.6 Å². The number of amides is 3. The summed E-state index contributed by atoms with van der Waals surface area (Å²) in [7, 11) is -3.66. The molecule has 13 heteroatoms. The maximum absolute atomic E-state index is 12.3. The summed E-state index contributed by atoms with van der Waals surface area (Å²) in [6, 6.07) is 0.0415. The van der Waals surface area contributed by atoms with Gasteiger partial charge in [0.05, 0.1) is 11.8 Å². The number of urea groups is 1. The van der Waals surface area contributed by atoms with Gasteiger partial charge in [-0.25, -0.2) is 17.9 Å². The number of furan rings is 1. The molecule has 30 heavy (non-hydrogen) atoms. The SMILES string of the molecule is CC[C@@H](NS(=O)(=O)CCCCCN1CC(=O)NC1=O)c1cc(OCC(F)(F)F)co1. The maximum atomic E-state index is 12.3. The minimum atomic E-state index is -4.49. The zero-order valence-corrected chi connectivity index (χ0v) is 17.1. The Balaban J connectivity index is 1.76. The standard InChI is InChI=1S/C17H24F3N3O6S/c1-2-13(14-8-12(10-28-14)29-11-17(18,19)20)22-30(26,27)7-5-3-4-6-23-9-15(24)21-16(23)25/h8,10,13,22H,2-7,9,11H2,1H3,(H,21,24,25)/t13-/m1/s1. The largest absolute Gasteiger partial charge is 0.481 e. The molecule has 0 aliphatic carbocycles. The first-order valence-corrected chi connectivity index (χ1v) is 11.0. The van der Waals surface area contributed by atoms with Gasteiger partial charge in [-0.2, -0.15) is 13.2 Å². The molecule has 170 valence electrons. The fourth-order valence-electron chi connectivity index (χ4n) is 2.81. The number of halogens is 3. The highest BCUT2D eigenvalue weighted by atomic mass is 32.2. The summed E-state index contributed by atoms with van der Waals surface area (Å²) >= 11 is 0. The molecule has 0 unspecified atom stereocenters. The Labute approximate surface area is 172 Å². The Morgan fingerprint density at radius 3 is 2.63 bits per heavy atom. The van der Waals surface area contributed by atoms with Gasteiger partial charge in [-0.1, -0.05) is 13.3 Å². The molecule has 1 aliphatic rings. The van der Waals surface area contributed by atoms with Crippen LogP contribution in [-0.2, 0) is 14.8 Å². The van der Waals surface area contributed by atoms with E-state index < -0.39 is 34.9 Å². The minimum absolute atomic E-state index is 0.00862. The van der Waals surface area contributed by atoms with Crippen molar-refractivity contribution in [1.29, 1.82) is 0 Å². The van der Waals surface area contributed by atoms with Crippen LogP contribution in [0.25, 0.3) is 0 Å². The number of sulfonamides is 1. The molecular weight excluding hydrogens is 431 g/mol. The van der Waals surface area contributed by atoms with Crippen molar-refractivity contribution >= 4 is 22.0 Å². The van der Waals surface area contributed by atoms with Crippen LogP contribution in [0.4, 0.5) is 18.0 Å². The summed E-state index contributed by atoms with van der Waals surface area (Å²) in [6.07, 6.45) is -1.75. The molecule has 1 aromatic rings. The fourth-order valence-corrected chi connectivity index (χ4v) is 4.23. The van der Waals surface area contributed by atoms with Crippen molar-refractivity contribution in [2.45, 2.75) is 44.8 Å². The second kappa shape index (κ2) is 10.2. The average molecular weight is 455 g/mol. The predicted molar refractivity (Wildman–Crippen MR) is 99.2 cm³/mol. The summed E-state index contributed by atoms with van der Waals surface area (Å²) in [5.41, 5.74) is 0. The van der Waals surface area contributed by atoms with Gasteiger partial charge in [-0.15, -0.1) is 0 Å². The molecular formula is C17H24F3N3O6S. The van der Waals surface area contributed by atoms with Gasteiger partial charge in [0.25, 0.3) is 0 Å². The number of nitrogens with one attached hydrogen (secondary N) is 2. The normalized spacial score (nSPS) is 16.1. The monoisotopic (exact) mass is 455 g/mol. The zero-order valence-electron chi connectivity index (χ0n) is 16.3. The van der Waals surface area contributed by atoms with Crippen LogP contribution in [0.1, 0.15) is 44.4 Å². The zero-order chi connectivity index (χ0) is 22.4. The van der Waals surface area contributed by atoms with Crippen LogP contribution in [0.2, 0.25) is 0 Å². The number of nitrogens with zero attached hydrogens (tertiary/aromatic N) is 1. The van der Waals surface area contributed by atoms with E-state index in [0.29, 0.717) is 32.2 Å². The predicted octanol–water partition coefficient (Wildman–Crippen LogP) is 2.31. The molecule has 3 amide bonds. The highest BCUT2D eigenvalue weighted by Crippen LogP contribution is 2.26. The lowest BCUT2D eigenvalue weighted by molar-refractivity contribution is -0.153. The van der Waals surface area contributed by atoms with Crippen LogP contribution in [-0.4, -0.2) is 56.9 Å². The Bertz CT molecular complexity index is 840. The maximum Gasteiger partial charge on any atom is 0.422 e.